The number of nitrogens with one attached hydrogen (secondary N) is 1. The molecule has 2 fully saturated rings. The summed E-state index contributed by atoms with van der Waals surface area (Å²) in [5.74, 6) is 0.321. The summed E-state index contributed by atoms with van der Waals surface area (Å²) in [6.07, 6.45) is 4.53. The molecule has 4 heteroatoms. The second-order valence-electron chi connectivity index (χ2n) is 7.00. The Morgan fingerprint density at radius 3 is 2.42 bits per heavy atom. The molecule has 0 saturated carbocycles. The van der Waals surface area contributed by atoms with Gasteiger partial charge < -0.3 is 15.1 Å². The van der Waals surface area contributed by atoms with Gasteiger partial charge in [-0.05, 0) is 51.7 Å². The standard InChI is InChI=1S/C15H29N3O/c1-15(2)8-5-9-16-13(15)14(19)18-10-6-12(7-11-18)17(3)4/h12-13,16H,5-11H2,1-4H3. The van der Waals surface area contributed by atoms with Crippen LogP contribution in [0.2, 0.25) is 0 Å². The van der Waals surface area contributed by atoms with Crippen molar-refractivity contribution in [2.75, 3.05) is 33.7 Å². The first kappa shape index (κ1) is 14.8. The van der Waals surface area contributed by atoms with Gasteiger partial charge in [-0.15, -0.1) is 0 Å². The van der Waals surface area contributed by atoms with Crippen molar-refractivity contribution in [3.05, 3.63) is 0 Å². The van der Waals surface area contributed by atoms with Crippen LogP contribution in [-0.2, 0) is 4.79 Å². The van der Waals surface area contributed by atoms with Crippen molar-refractivity contribution >= 4 is 5.91 Å². The van der Waals surface area contributed by atoms with Crippen molar-refractivity contribution in [2.24, 2.45) is 5.41 Å². The van der Waals surface area contributed by atoms with Gasteiger partial charge in [0.2, 0.25) is 5.91 Å². The van der Waals surface area contributed by atoms with E-state index < -0.39 is 0 Å². The Morgan fingerprint density at radius 2 is 1.89 bits per heavy atom. The van der Waals surface area contributed by atoms with Gasteiger partial charge in [-0.1, -0.05) is 13.8 Å². The normalized spacial score (nSPS) is 28.7. The fourth-order valence-corrected chi connectivity index (χ4v) is 3.42. The van der Waals surface area contributed by atoms with Crippen LogP contribution in [0.4, 0.5) is 0 Å². The lowest BCUT2D eigenvalue weighted by atomic mass is 9.77. The molecule has 0 spiro atoms. The zero-order valence-corrected chi connectivity index (χ0v) is 12.9. The van der Waals surface area contributed by atoms with Crippen molar-refractivity contribution in [1.29, 1.82) is 0 Å². The molecular formula is C15H29N3O. The smallest absolute Gasteiger partial charge is 0.240 e. The molecule has 0 bridgehead atoms. The number of carbonyl (C=O) groups is 1. The lowest BCUT2D eigenvalue weighted by Gasteiger charge is -2.43. The van der Waals surface area contributed by atoms with Crippen LogP contribution in [-0.4, -0.2) is 61.5 Å². The van der Waals surface area contributed by atoms with Crippen molar-refractivity contribution < 1.29 is 4.79 Å². The zero-order valence-electron chi connectivity index (χ0n) is 12.9. The van der Waals surface area contributed by atoms with Gasteiger partial charge in [0.25, 0.3) is 0 Å². The lowest BCUT2D eigenvalue weighted by molar-refractivity contribution is -0.138. The van der Waals surface area contributed by atoms with Gasteiger partial charge in [0, 0.05) is 19.1 Å². The van der Waals surface area contributed by atoms with E-state index in [2.05, 4.69) is 43.1 Å². The van der Waals surface area contributed by atoms with Gasteiger partial charge in [-0.2, -0.15) is 0 Å². The van der Waals surface area contributed by atoms with Crippen LogP contribution in [0.3, 0.4) is 0 Å². The zero-order chi connectivity index (χ0) is 14.0. The summed E-state index contributed by atoms with van der Waals surface area (Å²) in [6.45, 7) is 7.24. The Labute approximate surface area is 117 Å². The van der Waals surface area contributed by atoms with Gasteiger partial charge in [-0.25, -0.2) is 0 Å². The fourth-order valence-electron chi connectivity index (χ4n) is 3.42. The molecule has 0 aromatic rings. The van der Waals surface area contributed by atoms with Crippen LogP contribution >= 0.6 is 0 Å². The van der Waals surface area contributed by atoms with Crippen LogP contribution in [0.15, 0.2) is 0 Å². The molecule has 2 heterocycles. The molecule has 2 rings (SSSR count). The summed E-state index contributed by atoms with van der Waals surface area (Å²) >= 11 is 0. The van der Waals surface area contributed by atoms with Gasteiger partial charge in [0.15, 0.2) is 0 Å². The minimum Gasteiger partial charge on any atom is -0.341 e. The van der Waals surface area contributed by atoms with E-state index in [9.17, 15) is 4.79 Å². The molecule has 0 aromatic heterocycles. The highest BCUT2D eigenvalue weighted by Crippen LogP contribution is 2.31. The molecule has 110 valence electrons. The SMILES string of the molecule is CN(C)C1CCN(C(=O)C2NCCCC2(C)C)CC1. The summed E-state index contributed by atoms with van der Waals surface area (Å²) in [5, 5.41) is 3.44. The topological polar surface area (TPSA) is 35.6 Å². The summed E-state index contributed by atoms with van der Waals surface area (Å²) in [6, 6.07) is 0.647. The molecule has 1 N–H and O–H groups in total. The number of hydrogen-bond acceptors (Lipinski definition) is 3. The van der Waals surface area contributed by atoms with Crippen LogP contribution in [0, 0.1) is 5.41 Å². The molecule has 0 aliphatic carbocycles. The molecule has 2 saturated heterocycles. The largest absolute Gasteiger partial charge is 0.341 e. The number of carbonyl (C=O) groups excluding carboxylic acids is 1. The van der Waals surface area contributed by atoms with Crippen molar-refractivity contribution in [3.8, 4) is 0 Å². The van der Waals surface area contributed by atoms with Crippen LogP contribution in [0.1, 0.15) is 39.5 Å². The van der Waals surface area contributed by atoms with Gasteiger partial charge >= 0.3 is 0 Å². The minimum atomic E-state index is 0.0113. The highest BCUT2D eigenvalue weighted by atomic mass is 16.2. The predicted octanol–water partition coefficient (Wildman–Crippen LogP) is 1.32. The third-order valence-electron chi connectivity index (χ3n) is 4.88. The van der Waals surface area contributed by atoms with Crippen LogP contribution in [0.5, 0.6) is 0 Å². The Balaban J connectivity index is 1.93. The van der Waals surface area contributed by atoms with E-state index in [1.807, 2.05) is 0 Å². The van der Waals surface area contributed by atoms with E-state index in [0.29, 0.717) is 11.9 Å². The molecule has 0 radical (unpaired) electrons. The third-order valence-corrected chi connectivity index (χ3v) is 4.88. The monoisotopic (exact) mass is 267 g/mol. The molecular weight excluding hydrogens is 238 g/mol. The van der Waals surface area contributed by atoms with E-state index in [0.717, 1.165) is 38.9 Å². The van der Waals surface area contributed by atoms with Gasteiger partial charge in [-0.3, -0.25) is 4.79 Å². The van der Waals surface area contributed by atoms with E-state index >= 15 is 0 Å². The molecule has 1 atom stereocenters. The highest BCUT2D eigenvalue weighted by molar-refractivity contribution is 5.83. The molecule has 1 amide bonds. The first-order chi connectivity index (χ1) is 8.92. The maximum absolute atomic E-state index is 12.7. The summed E-state index contributed by atoms with van der Waals surface area (Å²) in [4.78, 5) is 17.1. The van der Waals surface area contributed by atoms with E-state index in [-0.39, 0.29) is 11.5 Å². The Kier molecular flexibility index (Phi) is 4.51. The quantitative estimate of drug-likeness (QED) is 0.819. The predicted molar refractivity (Wildman–Crippen MR) is 78.1 cm³/mol. The van der Waals surface area contributed by atoms with Crippen molar-refractivity contribution in [3.63, 3.8) is 0 Å². The number of amides is 1. The molecule has 4 nitrogen and oxygen atoms in total. The maximum Gasteiger partial charge on any atom is 0.240 e. The Morgan fingerprint density at radius 1 is 1.26 bits per heavy atom. The second kappa shape index (κ2) is 5.80. The minimum absolute atomic E-state index is 0.0113. The van der Waals surface area contributed by atoms with Gasteiger partial charge in [0.05, 0.1) is 6.04 Å². The molecule has 2 aliphatic heterocycles. The van der Waals surface area contributed by atoms with E-state index in [4.69, 9.17) is 0 Å². The van der Waals surface area contributed by atoms with Crippen LogP contribution in [0.25, 0.3) is 0 Å². The van der Waals surface area contributed by atoms with E-state index in [1.165, 1.54) is 6.42 Å². The lowest BCUT2D eigenvalue weighted by Crippen LogP contribution is -2.58. The summed E-state index contributed by atoms with van der Waals surface area (Å²) in [7, 11) is 4.27. The van der Waals surface area contributed by atoms with Crippen molar-refractivity contribution in [1.82, 2.24) is 15.1 Å². The average Bonchev–Trinajstić information content (AvgIpc) is 2.37. The Bertz CT molecular complexity index is 319. The number of likely N-dealkylation sites (tertiary alicyclic amines) is 1. The molecule has 2 aliphatic rings. The molecule has 0 aromatic carbocycles. The Hall–Kier alpha value is -0.610. The molecule has 1 unspecified atom stereocenters. The fraction of sp³-hybridized carbons (Fsp3) is 0.933. The maximum atomic E-state index is 12.7. The first-order valence-corrected chi connectivity index (χ1v) is 7.60. The number of rotatable bonds is 2. The first-order valence-electron chi connectivity index (χ1n) is 7.60. The van der Waals surface area contributed by atoms with E-state index in [1.54, 1.807) is 0 Å². The van der Waals surface area contributed by atoms with Crippen molar-refractivity contribution in [2.45, 2.75) is 51.6 Å². The summed E-state index contributed by atoms with van der Waals surface area (Å²) in [5.41, 5.74) is 0.0910. The number of piperidine rings is 2. The number of nitrogens with zero attached hydrogens (tertiary/aromatic N) is 2. The van der Waals surface area contributed by atoms with Gasteiger partial charge in [0.1, 0.15) is 0 Å². The average molecular weight is 267 g/mol. The number of hydrogen-bond donors (Lipinski definition) is 1. The second-order valence-corrected chi connectivity index (χ2v) is 7.00. The van der Waals surface area contributed by atoms with Crippen LogP contribution < -0.4 is 5.32 Å². The third kappa shape index (κ3) is 3.29. The highest BCUT2D eigenvalue weighted by Gasteiger charge is 2.39. The molecule has 19 heavy (non-hydrogen) atoms. The summed E-state index contributed by atoms with van der Waals surface area (Å²) < 4.78 is 0.